The molecule has 14 heavy (non-hydrogen) atoms. The first-order valence-corrected chi connectivity index (χ1v) is 5.74. The maximum Gasteiger partial charge on any atom is 0.000242 e. The summed E-state index contributed by atoms with van der Waals surface area (Å²) < 4.78 is 0. The maximum atomic E-state index is 5.67. The summed E-state index contributed by atoms with van der Waals surface area (Å²) in [5.74, 6) is 0. The van der Waals surface area contributed by atoms with Crippen molar-refractivity contribution >= 4 is 0 Å². The molecule has 0 aliphatic carbocycles. The van der Waals surface area contributed by atoms with E-state index in [9.17, 15) is 0 Å². The Kier molecular flexibility index (Phi) is 5.68. The van der Waals surface area contributed by atoms with Gasteiger partial charge in [-0.2, -0.15) is 0 Å². The van der Waals surface area contributed by atoms with Crippen LogP contribution in [0.2, 0.25) is 0 Å². The van der Waals surface area contributed by atoms with Gasteiger partial charge in [0.15, 0.2) is 0 Å². The Balaban J connectivity index is 3.57. The second-order valence-corrected chi connectivity index (χ2v) is 5.81. The van der Waals surface area contributed by atoms with Crippen molar-refractivity contribution in [1.29, 1.82) is 0 Å². The highest BCUT2D eigenvalue weighted by Gasteiger charge is 2.17. The standard InChI is InChI=1S/C12H28N2/c1-6-11(2,3)10-14-8-7-12(4,5)9-13/h14H,6-10,13H2,1-5H3. The van der Waals surface area contributed by atoms with Gasteiger partial charge >= 0.3 is 0 Å². The molecule has 0 aromatic heterocycles. The summed E-state index contributed by atoms with van der Waals surface area (Å²) in [6.45, 7) is 14.2. The highest BCUT2D eigenvalue weighted by molar-refractivity contribution is 4.73. The van der Waals surface area contributed by atoms with E-state index in [1.807, 2.05) is 0 Å². The molecule has 0 spiro atoms. The number of hydrogen-bond acceptors (Lipinski definition) is 2. The lowest BCUT2D eigenvalue weighted by molar-refractivity contribution is 0.297. The Morgan fingerprint density at radius 1 is 1.07 bits per heavy atom. The number of nitrogens with one attached hydrogen (secondary N) is 1. The van der Waals surface area contributed by atoms with Crippen LogP contribution >= 0.6 is 0 Å². The molecule has 0 radical (unpaired) electrons. The van der Waals surface area contributed by atoms with E-state index < -0.39 is 0 Å². The molecule has 0 amide bonds. The average Bonchev–Trinajstić information content (AvgIpc) is 2.13. The second kappa shape index (κ2) is 5.72. The molecule has 2 nitrogen and oxygen atoms in total. The van der Waals surface area contributed by atoms with E-state index in [1.165, 1.54) is 6.42 Å². The molecule has 0 aromatic carbocycles. The van der Waals surface area contributed by atoms with E-state index in [4.69, 9.17) is 5.73 Å². The van der Waals surface area contributed by atoms with Gasteiger partial charge in [-0.05, 0) is 36.8 Å². The third-order valence-electron chi connectivity index (χ3n) is 3.09. The lowest BCUT2D eigenvalue weighted by atomic mass is 9.88. The summed E-state index contributed by atoms with van der Waals surface area (Å²) in [5.41, 5.74) is 6.38. The molecular formula is C12H28N2. The Labute approximate surface area is 89.6 Å². The molecule has 0 unspecified atom stereocenters. The van der Waals surface area contributed by atoms with Crippen LogP contribution < -0.4 is 11.1 Å². The zero-order chi connectivity index (χ0) is 11.2. The van der Waals surface area contributed by atoms with Crippen molar-refractivity contribution in [2.45, 2.75) is 47.5 Å². The Morgan fingerprint density at radius 2 is 1.64 bits per heavy atom. The van der Waals surface area contributed by atoms with Crippen LogP contribution in [0.1, 0.15) is 47.5 Å². The van der Waals surface area contributed by atoms with Gasteiger partial charge in [-0.1, -0.05) is 34.6 Å². The summed E-state index contributed by atoms with van der Waals surface area (Å²) in [6, 6.07) is 0. The topological polar surface area (TPSA) is 38.0 Å². The molecule has 0 fully saturated rings. The Morgan fingerprint density at radius 3 is 2.07 bits per heavy atom. The van der Waals surface area contributed by atoms with Crippen molar-refractivity contribution in [2.75, 3.05) is 19.6 Å². The molecule has 0 aromatic rings. The monoisotopic (exact) mass is 200 g/mol. The van der Waals surface area contributed by atoms with Gasteiger partial charge in [0.05, 0.1) is 0 Å². The van der Waals surface area contributed by atoms with E-state index in [-0.39, 0.29) is 5.41 Å². The van der Waals surface area contributed by atoms with Crippen LogP contribution in [0.25, 0.3) is 0 Å². The highest BCUT2D eigenvalue weighted by atomic mass is 14.9. The maximum absolute atomic E-state index is 5.67. The lowest BCUT2D eigenvalue weighted by Crippen LogP contribution is -2.33. The molecule has 0 saturated heterocycles. The predicted molar refractivity (Wildman–Crippen MR) is 64.4 cm³/mol. The molecule has 0 bridgehead atoms. The van der Waals surface area contributed by atoms with Crippen LogP contribution in [-0.4, -0.2) is 19.6 Å². The molecule has 86 valence electrons. The van der Waals surface area contributed by atoms with Crippen LogP contribution in [0.5, 0.6) is 0 Å². The first-order chi connectivity index (χ1) is 6.33. The third kappa shape index (κ3) is 6.39. The van der Waals surface area contributed by atoms with Gasteiger partial charge in [-0.15, -0.1) is 0 Å². The van der Waals surface area contributed by atoms with Gasteiger partial charge in [0.25, 0.3) is 0 Å². The Hall–Kier alpha value is -0.0800. The quantitative estimate of drug-likeness (QED) is 0.619. The van der Waals surface area contributed by atoms with Crippen molar-refractivity contribution in [3.8, 4) is 0 Å². The normalized spacial score (nSPS) is 13.3. The van der Waals surface area contributed by atoms with Gasteiger partial charge in [0, 0.05) is 6.54 Å². The van der Waals surface area contributed by atoms with Crippen molar-refractivity contribution in [2.24, 2.45) is 16.6 Å². The zero-order valence-corrected chi connectivity index (χ0v) is 10.6. The molecule has 0 heterocycles. The molecule has 0 aliphatic rings. The fourth-order valence-electron chi connectivity index (χ4n) is 1.08. The smallest absolute Gasteiger partial charge is 0.000242 e. The van der Waals surface area contributed by atoms with Crippen molar-refractivity contribution < 1.29 is 0 Å². The van der Waals surface area contributed by atoms with Gasteiger partial charge in [-0.3, -0.25) is 0 Å². The number of hydrogen-bond donors (Lipinski definition) is 2. The fraction of sp³-hybridized carbons (Fsp3) is 1.00. The van der Waals surface area contributed by atoms with Gasteiger partial charge < -0.3 is 11.1 Å². The van der Waals surface area contributed by atoms with E-state index in [2.05, 4.69) is 39.9 Å². The highest BCUT2D eigenvalue weighted by Crippen LogP contribution is 2.19. The van der Waals surface area contributed by atoms with Crippen molar-refractivity contribution in [1.82, 2.24) is 5.32 Å². The summed E-state index contributed by atoms with van der Waals surface area (Å²) in [7, 11) is 0. The molecule has 3 N–H and O–H groups in total. The molecule has 0 aliphatic heterocycles. The largest absolute Gasteiger partial charge is 0.330 e. The minimum absolute atomic E-state index is 0.281. The summed E-state index contributed by atoms with van der Waals surface area (Å²) in [5, 5.41) is 3.51. The fourth-order valence-corrected chi connectivity index (χ4v) is 1.08. The summed E-state index contributed by atoms with van der Waals surface area (Å²) in [4.78, 5) is 0. The van der Waals surface area contributed by atoms with Crippen LogP contribution in [0.3, 0.4) is 0 Å². The first kappa shape index (κ1) is 13.9. The van der Waals surface area contributed by atoms with Gasteiger partial charge in [0.2, 0.25) is 0 Å². The molecular weight excluding hydrogens is 172 g/mol. The molecule has 0 saturated carbocycles. The SMILES string of the molecule is CCC(C)(C)CNCCC(C)(C)CN. The summed E-state index contributed by atoms with van der Waals surface area (Å²) >= 11 is 0. The first-order valence-electron chi connectivity index (χ1n) is 5.74. The Bertz CT molecular complexity index is 132. The van der Waals surface area contributed by atoms with E-state index in [1.54, 1.807) is 0 Å². The van der Waals surface area contributed by atoms with Crippen molar-refractivity contribution in [3.63, 3.8) is 0 Å². The van der Waals surface area contributed by atoms with E-state index in [0.29, 0.717) is 5.41 Å². The van der Waals surface area contributed by atoms with E-state index >= 15 is 0 Å². The predicted octanol–water partition coefficient (Wildman–Crippen LogP) is 2.39. The third-order valence-corrected chi connectivity index (χ3v) is 3.09. The minimum Gasteiger partial charge on any atom is -0.330 e. The van der Waals surface area contributed by atoms with E-state index in [0.717, 1.165) is 26.1 Å². The van der Waals surface area contributed by atoms with Crippen molar-refractivity contribution in [3.05, 3.63) is 0 Å². The molecule has 2 heteroatoms. The number of rotatable bonds is 7. The van der Waals surface area contributed by atoms with Crippen LogP contribution in [0.15, 0.2) is 0 Å². The number of nitrogens with two attached hydrogens (primary N) is 1. The summed E-state index contributed by atoms with van der Waals surface area (Å²) in [6.07, 6.45) is 2.38. The minimum atomic E-state index is 0.281. The van der Waals surface area contributed by atoms with Crippen LogP contribution in [-0.2, 0) is 0 Å². The molecule has 0 rings (SSSR count). The van der Waals surface area contributed by atoms with Gasteiger partial charge in [-0.25, -0.2) is 0 Å². The second-order valence-electron chi connectivity index (χ2n) is 5.81. The zero-order valence-electron chi connectivity index (χ0n) is 10.6. The van der Waals surface area contributed by atoms with Crippen LogP contribution in [0, 0.1) is 10.8 Å². The lowest BCUT2D eigenvalue weighted by Gasteiger charge is -2.26. The van der Waals surface area contributed by atoms with Crippen LogP contribution in [0.4, 0.5) is 0 Å². The molecule has 0 atom stereocenters. The van der Waals surface area contributed by atoms with Gasteiger partial charge in [0.1, 0.15) is 0 Å². The average molecular weight is 200 g/mol.